The van der Waals surface area contributed by atoms with Gasteiger partial charge in [0, 0.05) is 18.1 Å². The maximum atomic E-state index is 10.9. The molecule has 80 valence electrons. The van der Waals surface area contributed by atoms with E-state index < -0.39 is 0 Å². The number of aldehydes is 1. The second kappa shape index (κ2) is 4.59. The van der Waals surface area contributed by atoms with E-state index >= 15 is 0 Å². The van der Waals surface area contributed by atoms with Gasteiger partial charge in [0.2, 0.25) is 5.91 Å². The molecule has 1 N–H and O–H groups in total. The molecular formula is C11H13NO3. The van der Waals surface area contributed by atoms with E-state index in [1.54, 1.807) is 19.1 Å². The highest BCUT2D eigenvalue weighted by molar-refractivity contribution is 5.96. The summed E-state index contributed by atoms with van der Waals surface area (Å²) >= 11 is 0. The molecule has 0 heterocycles. The zero-order valence-corrected chi connectivity index (χ0v) is 8.96. The summed E-state index contributed by atoms with van der Waals surface area (Å²) < 4.78 is 5.08. The Bertz CT molecular complexity index is 399. The second-order valence-electron chi connectivity index (χ2n) is 3.15. The van der Waals surface area contributed by atoms with Gasteiger partial charge in [-0.25, -0.2) is 0 Å². The minimum Gasteiger partial charge on any atom is -0.496 e. The molecule has 1 amide bonds. The van der Waals surface area contributed by atoms with Crippen molar-refractivity contribution in [3.8, 4) is 5.75 Å². The van der Waals surface area contributed by atoms with E-state index in [9.17, 15) is 9.59 Å². The molecule has 1 aromatic rings. The summed E-state index contributed by atoms with van der Waals surface area (Å²) in [6, 6.07) is 3.37. The standard InChI is InChI=1S/C11H13NO3/c1-7-9(6-13)10(12-8(2)14)4-5-11(7)15-3/h4-6H,1-3H3,(H,12,14). The number of amides is 1. The predicted molar refractivity (Wildman–Crippen MR) is 57.4 cm³/mol. The van der Waals surface area contributed by atoms with Crippen molar-refractivity contribution in [2.24, 2.45) is 0 Å². The number of rotatable bonds is 3. The Morgan fingerprint density at radius 3 is 2.60 bits per heavy atom. The van der Waals surface area contributed by atoms with Crippen molar-refractivity contribution >= 4 is 17.9 Å². The molecule has 0 spiro atoms. The van der Waals surface area contributed by atoms with Gasteiger partial charge in [-0.1, -0.05) is 0 Å². The average Bonchev–Trinajstić information content (AvgIpc) is 2.18. The molecule has 15 heavy (non-hydrogen) atoms. The Balaban J connectivity index is 3.24. The molecule has 0 aliphatic rings. The first kappa shape index (κ1) is 11.2. The summed E-state index contributed by atoms with van der Waals surface area (Å²) in [6.45, 7) is 3.17. The fourth-order valence-corrected chi connectivity index (χ4v) is 1.38. The van der Waals surface area contributed by atoms with Gasteiger partial charge in [-0.3, -0.25) is 9.59 Å². The SMILES string of the molecule is COc1ccc(NC(C)=O)c(C=O)c1C. The first-order chi connectivity index (χ1) is 7.10. The van der Waals surface area contributed by atoms with Gasteiger partial charge in [-0.2, -0.15) is 0 Å². The maximum Gasteiger partial charge on any atom is 0.221 e. The largest absolute Gasteiger partial charge is 0.496 e. The first-order valence-corrected chi connectivity index (χ1v) is 4.50. The molecule has 1 aromatic carbocycles. The number of hydrogen-bond acceptors (Lipinski definition) is 3. The highest BCUT2D eigenvalue weighted by Gasteiger charge is 2.10. The third-order valence-corrected chi connectivity index (χ3v) is 2.11. The lowest BCUT2D eigenvalue weighted by molar-refractivity contribution is -0.114. The number of benzene rings is 1. The van der Waals surface area contributed by atoms with Crippen LogP contribution in [0.1, 0.15) is 22.8 Å². The fourth-order valence-electron chi connectivity index (χ4n) is 1.38. The molecule has 0 aliphatic carbocycles. The van der Waals surface area contributed by atoms with Crippen LogP contribution >= 0.6 is 0 Å². The number of ether oxygens (including phenoxy) is 1. The maximum absolute atomic E-state index is 10.9. The predicted octanol–water partition coefficient (Wildman–Crippen LogP) is 1.77. The Labute approximate surface area is 88.2 Å². The smallest absolute Gasteiger partial charge is 0.221 e. The molecule has 4 nitrogen and oxygen atoms in total. The zero-order chi connectivity index (χ0) is 11.4. The van der Waals surface area contributed by atoms with Gasteiger partial charge in [0.25, 0.3) is 0 Å². The lowest BCUT2D eigenvalue weighted by Gasteiger charge is -2.11. The summed E-state index contributed by atoms with van der Waals surface area (Å²) in [5.74, 6) is 0.425. The van der Waals surface area contributed by atoms with Crippen LogP contribution in [0.15, 0.2) is 12.1 Å². The van der Waals surface area contributed by atoms with Gasteiger partial charge in [-0.15, -0.1) is 0 Å². The molecule has 0 unspecified atom stereocenters. The van der Waals surface area contributed by atoms with Crippen LogP contribution in [0.5, 0.6) is 5.75 Å². The first-order valence-electron chi connectivity index (χ1n) is 4.50. The number of anilines is 1. The van der Waals surface area contributed by atoms with Crippen LogP contribution in [0.25, 0.3) is 0 Å². The molecule has 4 heteroatoms. The monoisotopic (exact) mass is 207 g/mol. The Morgan fingerprint density at radius 1 is 1.47 bits per heavy atom. The second-order valence-corrected chi connectivity index (χ2v) is 3.15. The van der Waals surface area contributed by atoms with Crippen molar-refractivity contribution in [2.45, 2.75) is 13.8 Å². The molecule has 0 saturated carbocycles. The van der Waals surface area contributed by atoms with Gasteiger partial charge in [0.05, 0.1) is 12.8 Å². The zero-order valence-electron chi connectivity index (χ0n) is 8.96. The van der Waals surface area contributed by atoms with Crippen molar-refractivity contribution in [1.82, 2.24) is 0 Å². The molecule has 0 aromatic heterocycles. The highest BCUT2D eigenvalue weighted by atomic mass is 16.5. The van der Waals surface area contributed by atoms with E-state index in [4.69, 9.17) is 4.74 Å². The van der Waals surface area contributed by atoms with Crippen molar-refractivity contribution in [2.75, 3.05) is 12.4 Å². The number of hydrogen-bond donors (Lipinski definition) is 1. The topological polar surface area (TPSA) is 55.4 Å². The summed E-state index contributed by atoms with van der Waals surface area (Å²) in [5, 5.41) is 2.59. The van der Waals surface area contributed by atoms with Gasteiger partial charge >= 0.3 is 0 Å². The number of methoxy groups -OCH3 is 1. The van der Waals surface area contributed by atoms with Gasteiger partial charge < -0.3 is 10.1 Å². The molecule has 0 aliphatic heterocycles. The Hall–Kier alpha value is -1.84. The molecule has 0 saturated heterocycles. The van der Waals surface area contributed by atoms with Crippen LogP contribution in [-0.2, 0) is 4.79 Å². The average molecular weight is 207 g/mol. The molecule has 0 fully saturated rings. The molecule has 0 bridgehead atoms. The third kappa shape index (κ3) is 2.34. The number of carbonyl (C=O) groups is 2. The minimum atomic E-state index is -0.206. The Morgan fingerprint density at radius 2 is 2.13 bits per heavy atom. The molecule has 0 atom stereocenters. The van der Waals surface area contributed by atoms with Crippen molar-refractivity contribution in [3.63, 3.8) is 0 Å². The lowest BCUT2D eigenvalue weighted by Crippen LogP contribution is -2.09. The van der Waals surface area contributed by atoms with Crippen LogP contribution in [0.2, 0.25) is 0 Å². The molecular weight excluding hydrogens is 194 g/mol. The Kier molecular flexibility index (Phi) is 3.44. The highest BCUT2D eigenvalue weighted by Crippen LogP contribution is 2.26. The van der Waals surface area contributed by atoms with Crippen molar-refractivity contribution < 1.29 is 14.3 Å². The molecule has 1 rings (SSSR count). The van der Waals surface area contributed by atoms with E-state index in [0.29, 0.717) is 23.3 Å². The summed E-state index contributed by atoms with van der Waals surface area (Å²) in [7, 11) is 1.54. The van der Waals surface area contributed by atoms with E-state index in [1.807, 2.05) is 0 Å². The van der Waals surface area contributed by atoms with Crippen molar-refractivity contribution in [1.29, 1.82) is 0 Å². The fraction of sp³-hybridized carbons (Fsp3) is 0.273. The van der Waals surface area contributed by atoms with Gasteiger partial charge in [0.15, 0.2) is 6.29 Å². The van der Waals surface area contributed by atoms with Crippen LogP contribution in [0.4, 0.5) is 5.69 Å². The third-order valence-electron chi connectivity index (χ3n) is 2.11. The van der Waals surface area contributed by atoms with E-state index in [-0.39, 0.29) is 5.91 Å². The molecule has 0 radical (unpaired) electrons. The number of carbonyl (C=O) groups excluding carboxylic acids is 2. The van der Waals surface area contributed by atoms with Crippen LogP contribution in [-0.4, -0.2) is 19.3 Å². The minimum absolute atomic E-state index is 0.206. The van der Waals surface area contributed by atoms with Gasteiger partial charge in [0.1, 0.15) is 5.75 Å². The quantitative estimate of drug-likeness (QED) is 0.768. The van der Waals surface area contributed by atoms with Gasteiger partial charge in [-0.05, 0) is 19.1 Å². The summed E-state index contributed by atoms with van der Waals surface area (Å²) in [4.78, 5) is 21.8. The normalized spacial score (nSPS) is 9.53. The summed E-state index contributed by atoms with van der Waals surface area (Å²) in [6.07, 6.45) is 0.711. The van der Waals surface area contributed by atoms with Crippen LogP contribution < -0.4 is 10.1 Å². The van der Waals surface area contributed by atoms with Crippen molar-refractivity contribution in [3.05, 3.63) is 23.3 Å². The van der Waals surface area contributed by atoms with Crippen LogP contribution in [0, 0.1) is 6.92 Å². The van der Waals surface area contributed by atoms with E-state index in [2.05, 4.69) is 5.32 Å². The van der Waals surface area contributed by atoms with E-state index in [1.165, 1.54) is 14.0 Å². The van der Waals surface area contributed by atoms with Crippen LogP contribution in [0.3, 0.4) is 0 Å². The number of nitrogens with one attached hydrogen (secondary N) is 1. The van der Waals surface area contributed by atoms with E-state index in [0.717, 1.165) is 5.56 Å². The lowest BCUT2D eigenvalue weighted by atomic mass is 10.1. The summed E-state index contributed by atoms with van der Waals surface area (Å²) in [5.41, 5.74) is 1.68.